The topological polar surface area (TPSA) is 102 Å². The van der Waals surface area contributed by atoms with Crippen LogP contribution in [0.4, 0.5) is 0 Å². The van der Waals surface area contributed by atoms with E-state index < -0.39 is 15.6 Å². The molecule has 2 N–H and O–H groups in total. The summed E-state index contributed by atoms with van der Waals surface area (Å²) in [5.74, 6) is 0.607. The molecule has 1 aromatic rings. The highest BCUT2D eigenvalue weighted by atomic mass is 32.2. The molecule has 1 aromatic carbocycles. The summed E-state index contributed by atoms with van der Waals surface area (Å²) in [7, 11) is -0.537. The van der Waals surface area contributed by atoms with Crippen LogP contribution in [-0.4, -0.2) is 39.4 Å². The first kappa shape index (κ1) is 14.6. The molecule has 0 radical (unpaired) electrons. The summed E-state index contributed by atoms with van der Waals surface area (Å²) in [6, 6.07) is 2.47. The third-order valence-corrected chi connectivity index (χ3v) is 3.09. The van der Waals surface area contributed by atoms with Gasteiger partial charge in [0.1, 0.15) is 0 Å². The molecule has 18 heavy (non-hydrogen) atoms. The Morgan fingerprint density at radius 2 is 1.50 bits per heavy atom. The van der Waals surface area contributed by atoms with Crippen LogP contribution in [0.25, 0.3) is 0 Å². The lowest BCUT2D eigenvalue weighted by Crippen LogP contribution is -2.11. The molecule has 0 saturated heterocycles. The van der Waals surface area contributed by atoms with E-state index in [0.717, 1.165) is 0 Å². The average Bonchev–Trinajstić information content (AvgIpc) is 2.34. The van der Waals surface area contributed by atoms with Crippen LogP contribution in [0.2, 0.25) is 0 Å². The van der Waals surface area contributed by atoms with E-state index in [-0.39, 0.29) is 22.8 Å². The van der Waals surface area contributed by atoms with E-state index in [2.05, 4.69) is 0 Å². The van der Waals surface area contributed by atoms with Crippen molar-refractivity contribution in [2.24, 2.45) is 0 Å². The van der Waals surface area contributed by atoms with E-state index in [0.29, 0.717) is 0 Å². The van der Waals surface area contributed by atoms with Crippen molar-refractivity contribution in [2.75, 3.05) is 21.3 Å². The first-order chi connectivity index (χ1) is 8.35. The van der Waals surface area contributed by atoms with Gasteiger partial charge in [0.2, 0.25) is 11.2 Å². The molecule has 0 aliphatic carbocycles. The van der Waals surface area contributed by atoms with Crippen molar-refractivity contribution in [2.45, 2.75) is 5.44 Å². The van der Waals surface area contributed by atoms with Crippen molar-refractivity contribution in [1.29, 1.82) is 0 Å². The monoisotopic (exact) mass is 278 g/mol. The van der Waals surface area contributed by atoms with Gasteiger partial charge in [-0.15, -0.1) is 0 Å². The summed E-state index contributed by atoms with van der Waals surface area (Å²) in [6.45, 7) is 0. The standard InChI is InChI=1S/C10H14O7S/c1-15-7-4-6(10(11)18(12,13)14)5-8(16-2)9(7)17-3/h4-5,10-11H,1-3H3,(H,12,13,14). The Kier molecular flexibility index (Phi) is 4.38. The maximum absolute atomic E-state index is 10.9. The second kappa shape index (κ2) is 5.42. The summed E-state index contributed by atoms with van der Waals surface area (Å²) >= 11 is 0. The fraction of sp³-hybridized carbons (Fsp3) is 0.400. The van der Waals surface area contributed by atoms with Crippen LogP contribution < -0.4 is 14.2 Å². The van der Waals surface area contributed by atoms with Crippen molar-refractivity contribution < 1.29 is 32.3 Å². The van der Waals surface area contributed by atoms with Gasteiger partial charge >= 0.3 is 0 Å². The van der Waals surface area contributed by atoms with Gasteiger partial charge in [-0.05, 0) is 12.1 Å². The number of aliphatic hydroxyl groups excluding tert-OH is 1. The van der Waals surface area contributed by atoms with Crippen LogP contribution >= 0.6 is 0 Å². The molecule has 1 rings (SSSR count). The van der Waals surface area contributed by atoms with Crippen LogP contribution in [0.5, 0.6) is 17.2 Å². The van der Waals surface area contributed by atoms with Crippen molar-refractivity contribution >= 4 is 10.1 Å². The van der Waals surface area contributed by atoms with Crippen LogP contribution in [0.15, 0.2) is 12.1 Å². The lowest BCUT2D eigenvalue weighted by molar-refractivity contribution is 0.236. The number of methoxy groups -OCH3 is 3. The lowest BCUT2D eigenvalue weighted by Gasteiger charge is -2.15. The number of ether oxygens (including phenoxy) is 3. The van der Waals surface area contributed by atoms with E-state index in [9.17, 15) is 13.5 Å². The molecule has 7 nitrogen and oxygen atoms in total. The maximum atomic E-state index is 10.9. The third kappa shape index (κ3) is 2.84. The fourth-order valence-electron chi connectivity index (χ4n) is 1.42. The second-order valence-corrected chi connectivity index (χ2v) is 4.80. The molecule has 0 spiro atoms. The molecule has 0 saturated carbocycles. The molecular weight excluding hydrogens is 264 g/mol. The minimum absolute atomic E-state index is 0.0907. The van der Waals surface area contributed by atoms with Gasteiger partial charge in [0, 0.05) is 5.56 Å². The van der Waals surface area contributed by atoms with Crippen LogP contribution in [0.1, 0.15) is 11.0 Å². The summed E-state index contributed by atoms with van der Waals surface area (Å²) in [5, 5.41) is 9.47. The zero-order valence-electron chi connectivity index (χ0n) is 10.1. The number of rotatable bonds is 5. The van der Waals surface area contributed by atoms with Gasteiger partial charge in [-0.25, -0.2) is 0 Å². The van der Waals surface area contributed by atoms with Gasteiger partial charge in [-0.1, -0.05) is 0 Å². The van der Waals surface area contributed by atoms with Crippen LogP contribution in [0, 0.1) is 0 Å². The van der Waals surface area contributed by atoms with Crippen LogP contribution in [-0.2, 0) is 10.1 Å². The van der Waals surface area contributed by atoms with Gasteiger partial charge in [-0.2, -0.15) is 8.42 Å². The lowest BCUT2D eigenvalue weighted by atomic mass is 10.2. The van der Waals surface area contributed by atoms with Crippen molar-refractivity contribution in [3.8, 4) is 17.2 Å². The Labute approximate surface area is 105 Å². The molecule has 0 aromatic heterocycles. The summed E-state index contributed by atoms with van der Waals surface area (Å²) < 4.78 is 45.6. The number of hydrogen-bond acceptors (Lipinski definition) is 6. The Hall–Kier alpha value is -1.51. The normalized spacial score (nSPS) is 12.9. The number of aliphatic hydroxyl groups is 1. The first-order valence-electron chi connectivity index (χ1n) is 4.79. The zero-order valence-corrected chi connectivity index (χ0v) is 10.9. The second-order valence-electron chi connectivity index (χ2n) is 3.33. The molecule has 1 atom stereocenters. The fourth-order valence-corrected chi connectivity index (χ4v) is 1.90. The van der Waals surface area contributed by atoms with E-state index in [1.165, 1.54) is 33.5 Å². The first-order valence-corrected chi connectivity index (χ1v) is 6.29. The number of hydrogen-bond donors (Lipinski definition) is 2. The maximum Gasteiger partial charge on any atom is 0.296 e. The highest BCUT2D eigenvalue weighted by molar-refractivity contribution is 7.85. The van der Waals surface area contributed by atoms with E-state index >= 15 is 0 Å². The summed E-state index contributed by atoms with van der Waals surface area (Å²) in [5.41, 5.74) is -2.17. The molecular formula is C10H14O7S. The molecule has 0 fully saturated rings. The predicted molar refractivity (Wildman–Crippen MR) is 62.6 cm³/mol. The average molecular weight is 278 g/mol. The van der Waals surface area contributed by atoms with Gasteiger partial charge < -0.3 is 19.3 Å². The Balaban J connectivity index is 3.41. The highest BCUT2D eigenvalue weighted by Gasteiger charge is 2.25. The molecule has 0 bridgehead atoms. The van der Waals surface area contributed by atoms with E-state index in [4.69, 9.17) is 18.8 Å². The summed E-state index contributed by atoms with van der Waals surface area (Å²) in [6.07, 6.45) is 0. The van der Waals surface area contributed by atoms with Crippen molar-refractivity contribution in [3.05, 3.63) is 17.7 Å². The SMILES string of the molecule is COc1cc(C(O)S(=O)(=O)O)cc(OC)c1OC. The molecule has 1 unspecified atom stereocenters. The van der Waals surface area contributed by atoms with Gasteiger partial charge in [-0.3, -0.25) is 4.55 Å². The number of benzene rings is 1. The predicted octanol–water partition coefficient (Wildman–Crippen LogP) is 0.591. The highest BCUT2D eigenvalue weighted by Crippen LogP contribution is 2.40. The van der Waals surface area contributed by atoms with E-state index in [1.54, 1.807) is 0 Å². The molecule has 0 heterocycles. The van der Waals surface area contributed by atoms with Gasteiger partial charge in [0.05, 0.1) is 21.3 Å². The molecule has 0 aliphatic rings. The summed E-state index contributed by atoms with van der Waals surface area (Å²) in [4.78, 5) is 0. The minimum Gasteiger partial charge on any atom is -0.493 e. The van der Waals surface area contributed by atoms with E-state index in [1.807, 2.05) is 0 Å². The van der Waals surface area contributed by atoms with Crippen molar-refractivity contribution in [3.63, 3.8) is 0 Å². The largest absolute Gasteiger partial charge is 0.493 e. The quantitative estimate of drug-likeness (QED) is 0.760. The van der Waals surface area contributed by atoms with Gasteiger partial charge in [0.15, 0.2) is 11.5 Å². The molecule has 0 aliphatic heterocycles. The Bertz CT molecular complexity index is 498. The van der Waals surface area contributed by atoms with Crippen molar-refractivity contribution in [1.82, 2.24) is 0 Å². The minimum atomic E-state index is -4.62. The molecule has 0 amide bonds. The molecule has 102 valence electrons. The molecule has 8 heteroatoms. The Morgan fingerprint density at radius 1 is 1.06 bits per heavy atom. The zero-order chi connectivity index (χ0) is 13.9. The van der Waals surface area contributed by atoms with Crippen LogP contribution in [0.3, 0.4) is 0 Å². The third-order valence-electron chi connectivity index (χ3n) is 2.25. The Morgan fingerprint density at radius 3 is 1.78 bits per heavy atom. The van der Waals surface area contributed by atoms with Gasteiger partial charge in [0.25, 0.3) is 10.1 Å². The smallest absolute Gasteiger partial charge is 0.296 e.